The number of fused-ring (bicyclic) bond motifs is 7. The van der Waals surface area contributed by atoms with Gasteiger partial charge in [-0.3, -0.25) is 14.4 Å². The molecule has 0 unspecified atom stereocenters. The van der Waals surface area contributed by atoms with Crippen molar-refractivity contribution >= 4 is 24.2 Å². The first-order valence-corrected chi connectivity index (χ1v) is 16.2. The van der Waals surface area contributed by atoms with E-state index < -0.39 is 46.0 Å². The van der Waals surface area contributed by atoms with Gasteiger partial charge in [-0.1, -0.05) is 39.3 Å². The first kappa shape index (κ1) is 32.2. The van der Waals surface area contributed by atoms with Crippen molar-refractivity contribution in [3.8, 4) is 0 Å². The fraction of sp³-hybridized carbons (Fsp3) is 0.829. The molecule has 0 amide bonds. The first-order valence-electron chi connectivity index (χ1n) is 16.2. The molecule has 8 nitrogen and oxygen atoms in total. The zero-order valence-electron chi connectivity index (χ0n) is 27.6. The van der Waals surface area contributed by atoms with Crippen LogP contribution >= 0.6 is 0 Å². The Labute approximate surface area is 256 Å². The van der Waals surface area contributed by atoms with Crippen LogP contribution in [0.5, 0.6) is 0 Å². The molecule has 4 fully saturated rings. The van der Waals surface area contributed by atoms with Crippen LogP contribution in [0.25, 0.3) is 0 Å². The molecular weight excluding hydrogens is 548 g/mol. The molecule has 240 valence electrons. The predicted octanol–water partition coefficient (Wildman–Crippen LogP) is 5.58. The zero-order valence-corrected chi connectivity index (χ0v) is 27.6. The molecule has 0 aromatic heterocycles. The second kappa shape index (κ2) is 10.1. The summed E-state index contributed by atoms with van der Waals surface area (Å²) in [4.78, 5) is 51.1. The summed E-state index contributed by atoms with van der Waals surface area (Å²) >= 11 is 0. The van der Waals surface area contributed by atoms with Gasteiger partial charge in [0.15, 0.2) is 6.10 Å². The highest BCUT2D eigenvalue weighted by atomic mass is 16.6. The molecule has 0 bridgehead atoms. The lowest BCUT2D eigenvalue weighted by atomic mass is 9.33. The van der Waals surface area contributed by atoms with Gasteiger partial charge in [0.2, 0.25) is 0 Å². The molecule has 0 saturated heterocycles. The molecule has 5 rings (SSSR count). The molecule has 0 heterocycles. The third-order valence-electron chi connectivity index (χ3n) is 14.1. The van der Waals surface area contributed by atoms with Crippen molar-refractivity contribution in [2.24, 2.45) is 50.7 Å². The van der Waals surface area contributed by atoms with Crippen LogP contribution in [0.1, 0.15) is 107 Å². The van der Waals surface area contributed by atoms with Crippen LogP contribution in [-0.2, 0) is 33.4 Å². The van der Waals surface area contributed by atoms with Crippen molar-refractivity contribution in [3.63, 3.8) is 0 Å². The van der Waals surface area contributed by atoms with Crippen molar-refractivity contribution < 1.29 is 38.5 Å². The third kappa shape index (κ3) is 4.16. The number of hydrogen-bond acceptors (Lipinski definition) is 8. The maximum absolute atomic E-state index is 13.6. The lowest BCUT2D eigenvalue weighted by Gasteiger charge is -2.72. The van der Waals surface area contributed by atoms with Crippen LogP contribution in [0.4, 0.5) is 0 Å². The van der Waals surface area contributed by atoms with E-state index >= 15 is 0 Å². The van der Waals surface area contributed by atoms with E-state index in [1.807, 2.05) is 13.8 Å². The molecule has 5 aliphatic rings. The first-order chi connectivity index (χ1) is 19.9. The van der Waals surface area contributed by atoms with Crippen LogP contribution in [-0.4, -0.2) is 54.2 Å². The summed E-state index contributed by atoms with van der Waals surface area (Å²) in [5.41, 5.74) is -2.56. The van der Waals surface area contributed by atoms with Crippen molar-refractivity contribution in [1.82, 2.24) is 0 Å². The normalized spacial score (nSPS) is 50.4. The van der Waals surface area contributed by atoms with Gasteiger partial charge in [0.05, 0.1) is 23.5 Å². The maximum atomic E-state index is 13.6. The number of esters is 3. The molecule has 12 atom stereocenters. The second-order valence-electron chi connectivity index (χ2n) is 15.9. The summed E-state index contributed by atoms with van der Waals surface area (Å²) in [7, 11) is 1.46. The molecule has 43 heavy (non-hydrogen) atoms. The third-order valence-corrected chi connectivity index (χ3v) is 14.1. The Morgan fingerprint density at radius 1 is 0.930 bits per heavy atom. The van der Waals surface area contributed by atoms with E-state index in [2.05, 4.69) is 33.8 Å². The number of allylic oxidation sites excluding steroid dienone is 1. The number of hydrogen-bond donors (Lipinski definition) is 1. The lowest BCUT2D eigenvalue weighted by molar-refractivity contribution is -0.243. The summed E-state index contributed by atoms with van der Waals surface area (Å²) in [6.45, 7) is 15.5. The molecule has 5 aliphatic carbocycles. The number of aliphatic hydroxyl groups is 1. The van der Waals surface area contributed by atoms with Gasteiger partial charge in [-0.25, -0.2) is 0 Å². The summed E-state index contributed by atoms with van der Waals surface area (Å²) < 4.78 is 17.1. The Balaban J connectivity index is 1.64. The molecular formula is C35H52O8. The molecule has 0 aromatic rings. The van der Waals surface area contributed by atoms with Crippen molar-refractivity contribution in [2.45, 2.75) is 125 Å². The SMILES string of the molecule is COC(=O)[C@]12CC[C@H](C)[C@@](C)(O)[C@H]1C1=CC[C@@H]3[C@@]4(C)C[C@@H](OC(C)=O)[C@H](OC(C)=O)[C@@](C)(C=O)[C@@H]4CC[C@@]3(C)[C@]1(C)CC2. The Kier molecular flexibility index (Phi) is 7.59. The van der Waals surface area contributed by atoms with E-state index in [1.54, 1.807) is 0 Å². The Morgan fingerprint density at radius 3 is 2.16 bits per heavy atom. The molecule has 0 spiro atoms. The van der Waals surface area contributed by atoms with Gasteiger partial charge < -0.3 is 24.1 Å². The van der Waals surface area contributed by atoms with Crippen LogP contribution in [0, 0.1) is 50.7 Å². The van der Waals surface area contributed by atoms with E-state index in [-0.39, 0.29) is 40.5 Å². The Bertz CT molecular complexity index is 1240. The molecule has 1 N–H and O–H groups in total. The van der Waals surface area contributed by atoms with E-state index in [9.17, 15) is 24.3 Å². The number of carbonyl (C=O) groups is 4. The van der Waals surface area contributed by atoms with Crippen LogP contribution in [0.3, 0.4) is 0 Å². The quantitative estimate of drug-likeness (QED) is 0.192. The molecule has 0 aliphatic heterocycles. The van der Waals surface area contributed by atoms with Gasteiger partial charge in [0, 0.05) is 19.8 Å². The average molecular weight is 601 g/mol. The fourth-order valence-electron chi connectivity index (χ4n) is 11.7. The predicted molar refractivity (Wildman–Crippen MR) is 159 cm³/mol. The van der Waals surface area contributed by atoms with Gasteiger partial charge in [-0.2, -0.15) is 0 Å². The van der Waals surface area contributed by atoms with Crippen LogP contribution in [0.15, 0.2) is 11.6 Å². The molecule has 0 radical (unpaired) electrons. The minimum absolute atomic E-state index is 0.0339. The second-order valence-corrected chi connectivity index (χ2v) is 15.9. The highest BCUT2D eigenvalue weighted by molar-refractivity contribution is 5.79. The van der Waals surface area contributed by atoms with Crippen molar-refractivity contribution in [1.29, 1.82) is 0 Å². The van der Waals surface area contributed by atoms with Crippen LogP contribution in [0.2, 0.25) is 0 Å². The van der Waals surface area contributed by atoms with Gasteiger partial charge >= 0.3 is 17.9 Å². The van der Waals surface area contributed by atoms with E-state index in [0.717, 1.165) is 38.4 Å². The maximum Gasteiger partial charge on any atom is 0.312 e. The average Bonchev–Trinajstić information content (AvgIpc) is 2.92. The van der Waals surface area contributed by atoms with Crippen molar-refractivity contribution in [2.75, 3.05) is 7.11 Å². The molecule has 0 aromatic carbocycles. The number of rotatable bonds is 4. The summed E-state index contributed by atoms with van der Waals surface area (Å²) in [5.74, 6) is -1.43. The number of ether oxygens (including phenoxy) is 3. The molecule has 8 heteroatoms. The summed E-state index contributed by atoms with van der Waals surface area (Å²) in [6, 6.07) is 0. The Hall–Kier alpha value is -2.22. The largest absolute Gasteiger partial charge is 0.469 e. The molecule has 4 saturated carbocycles. The monoisotopic (exact) mass is 600 g/mol. The number of aldehydes is 1. The van der Waals surface area contributed by atoms with E-state index in [4.69, 9.17) is 14.2 Å². The smallest absolute Gasteiger partial charge is 0.312 e. The lowest BCUT2D eigenvalue weighted by Crippen LogP contribution is -2.70. The van der Waals surface area contributed by atoms with Gasteiger partial charge in [0.25, 0.3) is 0 Å². The van der Waals surface area contributed by atoms with E-state index in [1.165, 1.54) is 26.5 Å². The number of carbonyl (C=O) groups excluding carboxylic acids is 4. The number of methoxy groups -OCH3 is 1. The van der Waals surface area contributed by atoms with E-state index in [0.29, 0.717) is 19.3 Å². The summed E-state index contributed by atoms with van der Waals surface area (Å²) in [6.07, 6.45) is 7.41. The standard InChI is InChI=1S/C35H52O8/c1-20-12-15-35(29(39)41-9)17-16-32(6)23(27(35)34(20,8)40)10-11-26-30(4)18-24(42-21(2)37)28(43-22(3)38)31(5,19-36)25(30)13-14-33(26,32)7/h10,19-20,24-28,40H,11-18H2,1-9H3/t20-,24+,25+,26+,27+,28-,30-,31-,32+,33+,34+,35-/m0/s1. The summed E-state index contributed by atoms with van der Waals surface area (Å²) in [5, 5.41) is 12.2. The van der Waals surface area contributed by atoms with Crippen molar-refractivity contribution in [3.05, 3.63) is 11.6 Å². The van der Waals surface area contributed by atoms with Crippen LogP contribution < -0.4 is 0 Å². The topological polar surface area (TPSA) is 116 Å². The highest BCUT2D eigenvalue weighted by Gasteiger charge is 2.73. The van der Waals surface area contributed by atoms with Gasteiger partial charge in [-0.15, -0.1) is 0 Å². The zero-order chi connectivity index (χ0) is 32.0. The Morgan fingerprint density at radius 2 is 1.58 bits per heavy atom. The minimum atomic E-state index is -1.07. The van der Waals surface area contributed by atoms with Gasteiger partial charge in [-0.05, 0) is 99.2 Å². The minimum Gasteiger partial charge on any atom is -0.469 e. The highest BCUT2D eigenvalue weighted by Crippen LogP contribution is 2.76. The fourth-order valence-corrected chi connectivity index (χ4v) is 11.7. The van der Waals surface area contributed by atoms with Gasteiger partial charge in [0.1, 0.15) is 12.4 Å².